The predicted molar refractivity (Wildman–Crippen MR) is 37.3 cm³/mol. The molecule has 1 unspecified atom stereocenters. The highest BCUT2D eigenvalue weighted by atomic mass is 15.2. The molecule has 0 aromatic heterocycles. The lowest BCUT2D eigenvalue weighted by Crippen LogP contribution is -2.12. The molecule has 9 heavy (non-hydrogen) atoms. The number of fused-ring (bicyclic) bond motifs is 1. The maximum absolute atomic E-state index is 4.22. The van der Waals surface area contributed by atoms with Crippen molar-refractivity contribution in [3.8, 4) is 0 Å². The summed E-state index contributed by atoms with van der Waals surface area (Å²) in [7, 11) is 2.02. The average molecular weight is 120 g/mol. The standard InChI is InChI=1S/C7H8N2/c1-9-5-8-6-3-2-4-7(6)9/h2-6H,1H3. The van der Waals surface area contributed by atoms with E-state index in [1.807, 2.05) is 24.4 Å². The van der Waals surface area contributed by atoms with E-state index in [9.17, 15) is 0 Å². The zero-order valence-corrected chi connectivity index (χ0v) is 5.28. The fourth-order valence-electron chi connectivity index (χ4n) is 1.15. The van der Waals surface area contributed by atoms with Crippen LogP contribution < -0.4 is 0 Å². The number of hydrogen-bond acceptors (Lipinski definition) is 2. The first-order valence-electron chi connectivity index (χ1n) is 3.02. The lowest BCUT2D eigenvalue weighted by molar-refractivity contribution is 0.649. The highest BCUT2D eigenvalue weighted by Crippen LogP contribution is 2.21. The van der Waals surface area contributed by atoms with Crippen LogP contribution in [-0.2, 0) is 0 Å². The Labute approximate surface area is 54.2 Å². The van der Waals surface area contributed by atoms with Gasteiger partial charge in [-0.2, -0.15) is 0 Å². The topological polar surface area (TPSA) is 15.6 Å². The zero-order chi connectivity index (χ0) is 6.27. The van der Waals surface area contributed by atoms with Crippen molar-refractivity contribution in [1.29, 1.82) is 0 Å². The highest BCUT2D eigenvalue weighted by molar-refractivity contribution is 5.65. The van der Waals surface area contributed by atoms with Gasteiger partial charge in [0.25, 0.3) is 0 Å². The van der Waals surface area contributed by atoms with E-state index in [0.717, 1.165) is 0 Å². The summed E-state index contributed by atoms with van der Waals surface area (Å²) in [5.41, 5.74) is 1.29. The lowest BCUT2D eigenvalue weighted by Gasteiger charge is -2.08. The van der Waals surface area contributed by atoms with Crippen molar-refractivity contribution in [1.82, 2.24) is 4.90 Å². The first kappa shape index (κ1) is 4.79. The monoisotopic (exact) mass is 120 g/mol. The Bertz CT molecular complexity index is 213. The second-order valence-electron chi connectivity index (χ2n) is 2.30. The van der Waals surface area contributed by atoms with Gasteiger partial charge < -0.3 is 4.90 Å². The van der Waals surface area contributed by atoms with Crippen LogP contribution in [-0.4, -0.2) is 24.3 Å². The summed E-state index contributed by atoms with van der Waals surface area (Å²) in [4.78, 5) is 6.27. The van der Waals surface area contributed by atoms with Gasteiger partial charge in [-0.1, -0.05) is 12.2 Å². The smallest absolute Gasteiger partial charge is 0.110 e. The molecule has 0 aromatic rings. The summed E-state index contributed by atoms with van der Waals surface area (Å²) in [6.07, 6.45) is 8.10. The molecule has 0 aromatic carbocycles. The SMILES string of the molecule is CN1C=NC2C=CC=C21. The highest BCUT2D eigenvalue weighted by Gasteiger charge is 2.20. The second-order valence-corrected chi connectivity index (χ2v) is 2.30. The van der Waals surface area contributed by atoms with E-state index in [4.69, 9.17) is 0 Å². The predicted octanol–water partition coefficient (Wildman–Crippen LogP) is 0.782. The molecule has 1 atom stereocenters. The van der Waals surface area contributed by atoms with Crippen LogP contribution in [0.4, 0.5) is 0 Å². The maximum Gasteiger partial charge on any atom is 0.110 e. The van der Waals surface area contributed by atoms with E-state index in [0.29, 0.717) is 6.04 Å². The fraction of sp³-hybridized carbons (Fsp3) is 0.286. The van der Waals surface area contributed by atoms with Crippen LogP contribution in [0.2, 0.25) is 0 Å². The van der Waals surface area contributed by atoms with Crippen molar-refractivity contribution < 1.29 is 0 Å². The minimum Gasteiger partial charge on any atom is -0.337 e. The molecule has 0 saturated heterocycles. The minimum atomic E-state index is 0.329. The average Bonchev–Trinajstić information content (AvgIpc) is 2.35. The van der Waals surface area contributed by atoms with Crippen molar-refractivity contribution in [2.75, 3.05) is 7.05 Å². The molecular weight excluding hydrogens is 112 g/mol. The van der Waals surface area contributed by atoms with Gasteiger partial charge in [-0.15, -0.1) is 0 Å². The molecule has 1 aliphatic carbocycles. The number of nitrogens with zero attached hydrogens (tertiary/aromatic N) is 2. The molecule has 46 valence electrons. The lowest BCUT2D eigenvalue weighted by atomic mass is 10.3. The molecule has 0 N–H and O–H groups in total. The zero-order valence-electron chi connectivity index (χ0n) is 5.28. The van der Waals surface area contributed by atoms with Crippen LogP contribution in [0.5, 0.6) is 0 Å². The van der Waals surface area contributed by atoms with Gasteiger partial charge in [0.15, 0.2) is 0 Å². The molecule has 2 aliphatic rings. The Balaban J connectivity index is 2.37. The third-order valence-electron chi connectivity index (χ3n) is 1.67. The van der Waals surface area contributed by atoms with Crippen LogP contribution in [0.1, 0.15) is 0 Å². The summed E-state index contributed by atoms with van der Waals surface area (Å²) in [6.45, 7) is 0. The summed E-state index contributed by atoms with van der Waals surface area (Å²) in [5.74, 6) is 0. The Morgan fingerprint density at radius 2 is 2.56 bits per heavy atom. The molecule has 0 amide bonds. The molecule has 0 saturated carbocycles. The van der Waals surface area contributed by atoms with Gasteiger partial charge in [0.05, 0.1) is 6.34 Å². The van der Waals surface area contributed by atoms with E-state index in [2.05, 4.69) is 17.1 Å². The summed E-state index contributed by atoms with van der Waals surface area (Å²) in [6, 6.07) is 0.329. The van der Waals surface area contributed by atoms with Crippen LogP contribution in [0.25, 0.3) is 0 Å². The molecule has 2 nitrogen and oxygen atoms in total. The number of rotatable bonds is 0. The molecular formula is C7H8N2. The van der Waals surface area contributed by atoms with Gasteiger partial charge in [0.1, 0.15) is 6.04 Å². The number of aliphatic imine (C=N–C) groups is 1. The largest absolute Gasteiger partial charge is 0.337 e. The number of allylic oxidation sites excluding steroid dienone is 2. The van der Waals surface area contributed by atoms with Gasteiger partial charge in [-0.05, 0) is 6.08 Å². The van der Waals surface area contributed by atoms with Crippen molar-refractivity contribution in [2.45, 2.75) is 6.04 Å². The van der Waals surface area contributed by atoms with E-state index in [-0.39, 0.29) is 0 Å². The summed E-state index contributed by atoms with van der Waals surface area (Å²) >= 11 is 0. The number of hydrogen-bond donors (Lipinski definition) is 0. The van der Waals surface area contributed by atoms with Gasteiger partial charge >= 0.3 is 0 Å². The van der Waals surface area contributed by atoms with E-state index >= 15 is 0 Å². The summed E-state index contributed by atoms with van der Waals surface area (Å²) < 4.78 is 0. The van der Waals surface area contributed by atoms with E-state index in [1.165, 1.54) is 5.70 Å². The fourth-order valence-corrected chi connectivity index (χ4v) is 1.15. The van der Waals surface area contributed by atoms with Crippen LogP contribution in [0.15, 0.2) is 28.9 Å². The third-order valence-corrected chi connectivity index (χ3v) is 1.67. The molecule has 0 spiro atoms. The van der Waals surface area contributed by atoms with Gasteiger partial charge in [-0.3, -0.25) is 4.99 Å². The molecule has 2 rings (SSSR count). The van der Waals surface area contributed by atoms with Gasteiger partial charge in [0.2, 0.25) is 0 Å². The Hall–Kier alpha value is -1.05. The van der Waals surface area contributed by atoms with Gasteiger partial charge in [0, 0.05) is 12.7 Å². The Morgan fingerprint density at radius 1 is 1.67 bits per heavy atom. The second kappa shape index (κ2) is 1.47. The molecule has 2 heteroatoms. The molecule has 0 bridgehead atoms. The normalized spacial score (nSPS) is 29.2. The van der Waals surface area contributed by atoms with E-state index in [1.54, 1.807) is 0 Å². The van der Waals surface area contributed by atoms with Gasteiger partial charge in [-0.25, -0.2) is 0 Å². The first-order chi connectivity index (χ1) is 4.38. The van der Waals surface area contributed by atoms with Crippen molar-refractivity contribution in [2.24, 2.45) is 4.99 Å². The van der Waals surface area contributed by atoms with Crippen molar-refractivity contribution >= 4 is 6.34 Å². The molecule has 1 heterocycles. The molecule has 1 aliphatic heterocycles. The van der Waals surface area contributed by atoms with Crippen LogP contribution in [0.3, 0.4) is 0 Å². The Kier molecular flexibility index (Phi) is 0.781. The molecule has 0 radical (unpaired) electrons. The third kappa shape index (κ3) is 0.529. The first-order valence-corrected chi connectivity index (χ1v) is 3.02. The molecule has 0 fully saturated rings. The van der Waals surface area contributed by atoms with Crippen LogP contribution >= 0.6 is 0 Å². The van der Waals surface area contributed by atoms with Crippen molar-refractivity contribution in [3.63, 3.8) is 0 Å². The maximum atomic E-state index is 4.22. The Morgan fingerprint density at radius 3 is 3.33 bits per heavy atom. The number of likely N-dealkylation sites (N-methyl/N-ethyl adjacent to an activating group) is 1. The van der Waals surface area contributed by atoms with Crippen LogP contribution in [0, 0.1) is 0 Å². The van der Waals surface area contributed by atoms with E-state index < -0.39 is 0 Å². The quantitative estimate of drug-likeness (QED) is 0.461. The summed E-state index contributed by atoms with van der Waals surface area (Å²) in [5, 5.41) is 0. The van der Waals surface area contributed by atoms with Crippen molar-refractivity contribution in [3.05, 3.63) is 23.9 Å². The minimum absolute atomic E-state index is 0.329.